The molecule has 146 valence electrons. The minimum Gasteiger partial charge on any atom is -0.493 e. The van der Waals surface area contributed by atoms with E-state index in [-0.39, 0.29) is 12.5 Å². The van der Waals surface area contributed by atoms with Gasteiger partial charge >= 0.3 is 0 Å². The van der Waals surface area contributed by atoms with Gasteiger partial charge in [0.1, 0.15) is 0 Å². The summed E-state index contributed by atoms with van der Waals surface area (Å²) in [6, 6.07) is 11.5. The van der Waals surface area contributed by atoms with E-state index in [4.69, 9.17) is 9.47 Å². The van der Waals surface area contributed by atoms with E-state index in [2.05, 4.69) is 41.5 Å². The van der Waals surface area contributed by atoms with Crippen molar-refractivity contribution >= 4 is 23.0 Å². The molecule has 2 aromatic carbocycles. The second kappa shape index (κ2) is 9.71. The fourth-order valence-corrected chi connectivity index (χ4v) is 2.93. The number of methoxy groups -OCH3 is 2. The van der Waals surface area contributed by atoms with E-state index in [1.54, 1.807) is 32.4 Å². The topological polar surface area (TPSA) is 62.8 Å². The summed E-state index contributed by atoms with van der Waals surface area (Å²) in [6.07, 6.45) is 0. The quantitative estimate of drug-likeness (QED) is 0.700. The lowest BCUT2D eigenvalue weighted by Crippen LogP contribution is -2.23. The van der Waals surface area contributed by atoms with Gasteiger partial charge < -0.3 is 25.0 Å². The minimum atomic E-state index is -0.130. The molecule has 0 saturated heterocycles. The Morgan fingerprint density at radius 3 is 2.30 bits per heavy atom. The van der Waals surface area contributed by atoms with Crippen molar-refractivity contribution in [2.75, 3.05) is 49.4 Å². The normalized spacial score (nSPS) is 10.3. The van der Waals surface area contributed by atoms with Crippen LogP contribution < -0.4 is 25.0 Å². The van der Waals surface area contributed by atoms with Gasteiger partial charge in [0.15, 0.2) is 11.5 Å². The Balaban J connectivity index is 1.97. The number of hydrogen-bond donors (Lipinski definition) is 2. The van der Waals surface area contributed by atoms with Crippen LogP contribution in [0.3, 0.4) is 0 Å². The van der Waals surface area contributed by atoms with Gasteiger partial charge in [-0.2, -0.15) is 0 Å². The second-order valence-electron chi connectivity index (χ2n) is 6.14. The number of carbonyl (C=O) groups is 1. The van der Waals surface area contributed by atoms with Crippen molar-refractivity contribution in [2.45, 2.75) is 20.8 Å². The van der Waals surface area contributed by atoms with Crippen molar-refractivity contribution in [2.24, 2.45) is 0 Å². The number of aryl methyl sites for hydroxylation is 1. The summed E-state index contributed by atoms with van der Waals surface area (Å²) in [5.74, 6) is 1.07. The average Bonchev–Trinajstić information content (AvgIpc) is 2.68. The van der Waals surface area contributed by atoms with Crippen molar-refractivity contribution < 1.29 is 14.3 Å². The fraction of sp³-hybridized carbons (Fsp3) is 0.381. The third-order valence-corrected chi connectivity index (χ3v) is 4.45. The number of anilines is 3. The van der Waals surface area contributed by atoms with Gasteiger partial charge in [-0.1, -0.05) is 0 Å². The third-order valence-electron chi connectivity index (χ3n) is 4.45. The second-order valence-corrected chi connectivity index (χ2v) is 6.14. The van der Waals surface area contributed by atoms with E-state index in [1.165, 1.54) is 5.69 Å². The molecule has 0 aromatic heterocycles. The van der Waals surface area contributed by atoms with E-state index in [0.717, 1.165) is 24.3 Å². The third kappa shape index (κ3) is 5.29. The van der Waals surface area contributed by atoms with Crippen LogP contribution >= 0.6 is 0 Å². The molecule has 2 rings (SSSR count). The maximum Gasteiger partial charge on any atom is 0.243 e. The number of ether oxygens (including phenoxy) is 2. The summed E-state index contributed by atoms with van der Waals surface area (Å²) in [6.45, 7) is 8.45. The van der Waals surface area contributed by atoms with Gasteiger partial charge in [-0.25, -0.2) is 0 Å². The molecule has 0 atom stereocenters. The lowest BCUT2D eigenvalue weighted by molar-refractivity contribution is -0.114. The molecule has 27 heavy (non-hydrogen) atoms. The van der Waals surface area contributed by atoms with E-state index in [9.17, 15) is 4.79 Å². The Bertz CT molecular complexity index is 773. The molecule has 0 aliphatic carbocycles. The molecule has 2 aromatic rings. The minimum absolute atomic E-state index is 0.130. The first-order valence-corrected chi connectivity index (χ1v) is 9.13. The Hall–Kier alpha value is -2.89. The van der Waals surface area contributed by atoms with E-state index >= 15 is 0 Å². The molecule has 0 saturated carbocycles. The predicted molar refractivity (Wildman–Crippen MR) is 111 cm³/mol. The summed E-state index contributed by atoms with van der Waals surface area (Å²) in [5.41, 5.74) is 3.91. The number of amides is 1. The first kappa shape index (κ1) is 20.4. The molecule has 0 aliphatic heterocycles. The molecule has 0 spiro atoms. The summed E-state index contributed by atoms with van der Waals surface area (Å²) in [5, 5.41) is 6.06. The molecule has 1 amide bonds. The maximum absolute atomic E-state index is 12.3. The van der Waals surface area contributed by atoms with Gasteiger partial charge in [0.05, 0.1) is 20.8 Å². The number of hydrogen-bond acceptors (Lipinski definition) is 5. The Morgan fingerprint density at radius 1 is 1.00 bits per heavy atom. The summed E-state index contributed by atoms with van der Waals surface area (Å²) in [4.78, 5) is 14.6. The van der Waals surface area contributed by atoms with Crippen LogP contribution in [0.25, 0.3) is 0 Å². The molecule has 0 radical (unpaired) electrons. The molecule has 6 nitrogen and oxygen atoms in total. The fourth-order valence-electron chi connectivity index (χ4n) is 2.93. The highest BCUT2D eigenvalue weighted by atomic mass is 16.5. The number of benzene rings is 2. The Morgan fingerprint density at radius 2 is 1.70 bits per heavy atom. The molecular weight excluding hydrogens is 342 g/mol. The number of nitrogens with one attached hydrogen (secondary N) is 2. The summed E-state index contributed by atoms with van der Waals surface area (Å²) in [7, 11) is 3.14. The lowest BCUT2D eigenvalue weighted by Gasteiger charge is -2.22. The van der Waals surface area contributed by atoms with Crippen molar-refractivity contribution in [3.05, 3.63) is 42.0 Å². The maximum atomic E-state index is 12.3. The molecule has 2 N–H and O–H groups in total. The molecule has 0 aliphatic rings. The van der Waals surface area contributed by atoms with Gasteiger partial charge in [-0.15, -0.1) is 0 Å². The zero-order chi connectivity index (χ0) is 19.8. The van der Waals surface area contributed by atoms with Gasteiger partial charge in [0.25, 0.3) is 0 Å². The van der Waals surface area contributed by atoms with Crippen LogP contribution in [0.4, 0.5) is 17.1 Å². The van der Waals surface area contributed by atoms with Crippen LogP contribution in [-0.4, -0.2) is 39.8 Å². The van der Waals surface area contributed by atoms with Crippen molar-refractivity contribution in [3.8, 4) is 11.5 Å². The summed E-state index contributed by atoms with van der Waals surface area (Å²) < 4.78 is 10.5. The highest BCUT2D eigenvalue weighted by Crippen LogP contribution is 2.29. The van der Waals surface area contributed by atoms with Crippen LogP contribution in [0.1, 0.15) is 19.4 Å². The van der Waals surface area contributed by atoms with Crippen LogP contribution in [0, 0.1) is 6.92 Å². The smallest absolute Gasteiger partial charge is 0.243 e. The molecule has 0 bridgehead atoms. The standard InChI is InChI=1S/C21H29N3O3/c1-6-24(7-2)17-9-10-18(15(3)12-17)22-14-21(25)23-16-8-11-19(26-4)20(13-16)27-5/h8-13,22H,6-7,14H2,1-5H3,(H,23,25). The largest absolute Gasteiger partial charge is 0.493 e. The van der Waals surface area contributed by atoms with Crippen molar-refractivity contribution in [3.63, 3.8) is 0 Å². The van der Waals surface area contributed by atoms with Gasteiger partial charge in [0, 0.05) is 36.2 Å². The van der Waals surface area contributed by atoms with Gasteiger partial charge in [-0.3, -0.25) is 4.79 Å². The molecule has 0 heterocycles. The Labute approximate surface area is 161 Å². The average molecular weight is 371 g/mol. The molecule has 6 heteroatoms. The van der Waals surface area contributed by atoms with Crippen LogP contribution in [0.15, 0.2) is 36.4 Å². The first-order chi connectivity index (χ1) is 13.0. The molecular formula is C21H29N3O3. The lowest BCUT2D eigenvalue weighted by atomic mass is 10.1. The number of rotatable bonds is 9. The molecule has 0 fully saturated rings. The highest BCUT2D eigenvalue weighted by Gasteiger charge is 2.09. The molecule has 0 unspecified atom stereocenters. The zero-order valence-corrected chi connectivity index (χ0v) is 16.8. The van der Waals surface area contributed by atoms with Crippen molar-refractivity contribution in [1.29, 1.82) is 0 Å². The number of carbonyl (C=O) groups excluding carboxylic acids is 1. The predicted octanol–water partition coefficient (Wildman–Crippen LogP) is 3.91. The van der Waals surface area contributed by atoms with E-state index in [0.29, 0.717) is 17.2 Å². The van der Waals surface area contributed by atoms with Crippen LogP contribution in [0.5, 0.6) is 11.5 Å². The number of nitrogens with zero attached hydrogens (tertiary/aromatic N) is 1. The Kier molecular flexibility index (Phi) is 7.34. The van der Waals surface area contributed by atoms with E-state index in [1.807, 2.05) is 13.0 Å². The first-order valence-electron chi connectivity index (χ1n) is 9.13. The van der Waals surface area contributed by atoms with Gasteiger partial charge in [-0.05, 0) is 56.7 Å². The van der Waals surface area contributed by atoms with Crippen molar-refractivity contribution in [1.82, 2.24) is 0 Å². The highest BCUT2D eigenvalue weighted by molar-refractivity contribution is 5.94. The van der Waals surface area contributed by atoms with Crippen LogP contribution in [-0.2, 0) is 4.79 Å². The zero-order valence-electron chi connectivity index (χ0n) is 16.8. The van der Waals surface area contributed by atoms with Gasteiger partial charge in [0.2, 0.25) is 5.91 Å². The monoisotopic (exact) mass is 371 g/mol. The van der Waals surface area contributed by atoms with E-state index < -0.39 is 0 Å². The summed E-state index contributed by atoms with van der Waals surface area (Å²) >= 11 is 0. The van der Waals surface area contributed by atoms with Crippen LogP contribution in [0.2, 0.25) is 0 Å². The SMILES string of the molecule is CCN(CC)c1ccc(NCC(=O)Nc2ccc(OC)c(OC)c2)c(C)c1.